The number of aromatic nitrogens is 1. The maximum absolute atomic E-state index is 12.0. The molecule has 1 N–H and O–H groups in total. The Morgan fingerprint density at radius 3 is 2.74 bits per heavy atom. The summed E-state index contributed by atoms with van der Waals surface area (Å²) in [5.74, 6) is 0.0159. The summed E-state index contributed by atoms with van der Waals surface area (Å²) < 4.78 is 25.5. The molecule has 2 heterocycles. The van der Waals surface area contributed by atoms with Crippen LogP contribution >= 0.6 is 0 Å². The van der Waals surface area contributed by atoms with Crippen LogP contribution in [0.2, 0.25) is 0 Å². The van der Waals surface area contributed by atoms with Crippen molar-refractivity contribution >= 4 is 22.0 Å². The maximum Gasteiger partial charge on any atom is 0.244 e. The predicted octanol–water partition coefficient (Wildman–Crippen LogP) is 1.42. The van der Waals surface area contributed by atoms with Crippen molar-refractivity contribution in [2.45, 2.75) is 32.2 Å². The molecule has 0 aromatic carbocycles. The average Bonchev–Trinajstić information content (AvgIpc) is 2.54. The molecule has 6 nitrogen and oxygen atoms in total. The van der Waals surface area contributed by atoms with Gasteiger partial charge >= 0.3 is 0 Å². The Morgan fingerprint density at radius 2 is 2.13 bits per heavy atom. The van der Waals surface area contributed by atoms with Gasteiger partial charge in [-0.1, -0.05) is 13.0 Å². The van der Waals surface area contributed by atoms with Gasteiger partial charge in [0.1, 0.15) is 0 Å². The Kier molecular flexibility index (Phi) is 6.29. The first-order valence-electron chi connectivity index (χ1n) is 7.88. The minimum atomic E-state index is -3.13. The summed E-state index contributed by atoms with van der Waals surface area (Å²) in [5.41, 5.74) is 0.725. The van der Waals surface area contributed by atoms with E-state index in [1.165, 1.54) is 10.4 Å². The predicted molar refractivity (Wildman–Crippen MR) is 90.1 cm³/mol. The maximum atomic E-state index is 12.0. The Hall–Kier alpha value is -1.73. The van der Waals surface area contributed by atoms with Crippen molar-refractivity contribution in [3.05, 3.63) is 36.2 Å². The molecule has 1 aromatic heterocycles. The lowest BCUT2D eigenvalue weighted by Gasteiger charge is -2.31. The fourth-order valence-corrected chi connectivity index (χ4v) is 4.09. The van der Waals surface area contributed by atoms with E-state index in [-0.39, 0.29) is 17.7 Å². The van der Waals surface area contributed by atoms with Crippen LogP contribution in [0.4, 0.5) is 0 Å². The van der Waals surface area contributed by atoms with E-state index < -0.39 is 10.0 Å². The third-order valence-electron chi connectivity index (χ3n) is 3.75. The Morgan fingerprint density at radius 1 is 1.39 bits per heavy atom. The standard InChI is InChI=1S/C16H23N3O3S/c1-2-13-23(21,22)19-11-8-15(9-12-19)18-16(20)7-6-14-5-3-4-10-17-14/h3-7,10,15H,2,8-9,11-13H2,1H3,(H,18,20)/b7-6+. The summed E-state index contributed by atoms with van der Waals surface area (Å²) in [4.78, 5) is 16.0. The number of piperidine rings is 1. The van der Waals surface area contributed by atoms with Crippen molar-refractivity contribution in [2.24, 2.45) is 0 Å². The molecule has 0 atom stereocenters. The van der Waals surface area contributed by atoms with Crippen molar-refractivity contribution in [1.82, 2.24) is 14.6 Å². The number of nitrogens with zero attached hydrogens (tertiary/aromatic N) is 2. The molecule has 0 unspecified atom stereocenters. The van der Waals surface area contributed by atoms with Crippen LogP contribution in [-0.2, 0) is 14.8 Å². The van der Waals surface area contributed by atoms with Gasteiger partial charge in [-0.2, -0.15) is 0 Å². The normalized spacial score (nSPS) is 17.4. The molecule has 0 bridgehead atoms. The van der Waals surface area contributed by atoms with Crippen LogP contribution in [0, 0.1) is 0 Å². The molecule has 23 heavy (non-hydrogen) atoms. The highest BCUT2D eigenvalue weighted by Crippen LogP contribution is 2.15. The molecule has 126 valence electrons. The molecule has 1 fully saturated rings. The second-order valence-corrected chi connectivity index (χ2v) is 7.67. The zero-order valence-corrected chi connectivity index (χ0v) is 14.1. The van der Waals surface area contributed by atoms with E-state index in [1.807, 2.05) is 25.1 Å². The number of amides is 1. The van der Waals surface area contributed by atoms with Gasteiger partial charge in [-0.15, -0.1) is 0 Å². The fraction of sp³-hybridized carbons (Fsp3) is 0.500. The van der Waals surface area contributed by atoms with Gasteiger partial charge in [0.2, 0.25) is 15.9 Å². The fourth-order valence-electron chi connectivity index (χ4n) is 2.55. The summed E-state index contributed by atoms with van der Waals surface area (Å²) in [5, 5.41) is 2.92. The van der Waals surface area contributed by atoms with Crippen LogP contribution in [0.3, 0.4) is 0 Å². The molecule has 0 aliphatic carbocycles. The zero-order chi connectivity index (χ0) is 16.7. The average molecular weight is 337 g/mol. The Bertz CT molecular complexity index is 636. The van der Waals surface area contributed by atoms with E-state index in [0.717, 1.165) is 5.69 Å². The monoisotopic (exact) mass is 337 g/mol. The second kappa shape index (κ2) is 8.21. The molecule has 1 amide bonds. The summed E-state index contributed by atoms with van der Waals surface area (Å²) in [6.45, 7) is 2.80. The minimum absolute atomic E-state index is 0.0176. The quantitative estimate of drug-likeness (QED) is 0.796. The summed E-state index contributed by atoms with van der Waals surface area (Å²) in [7, 11) is -3.13. The molecule has 0 saturated carbocycles. The zero-order valence-electron chi connectivity index (χ0n) is 13.3. The largest absolute Gasteiger partial charge is 0.350 e. The molecule has 1 aromatic rings. The van der Waals surface area contributed by atoms with Crippen LogP contribution in [0.15, 0.2) is 30.5 Å². The summed E-state index contributed by atoms with van der Waals surface area (Å²) in [6.07, 6.45) is 6.71. The highest BCUT2D eigenvalue weighted by atomic mass is 32.2. The Balaban J connectivity index is 1.80. The number of carbonyl (C=O) groups is 1. The molecule has 2 rings (SSSR count). The summed E-state index contributed by atoms with van der Waals surface area (Å²) >= 11 is 0. The number of carbonyl (C=O) groups excluding carboxylic acids is 1. The Labute approximate surface area is 137 Å². The number of sulfonamides is 1. The molecule has 0 radical (unpaired) electrons. The topological polar surface area (TPSA) is 79.4 Å². The van der Waals surface area contributed by atoms with Crippen LogP contribution < -0.4 is 5.32 Å². The lowest BCUT2D eigenvalue weighted by Crippen LogP contribution is -2.46. The van der Waals surface area contributed by atoms with Gasteiger partial charge in [0, 0.05) is 31.4 Å². The van der Waals surface area contributed by atoms with E-state index in [0.29, 0.717) is 32.4 Å². The van der Waals surface area contributed by atoms with Gasteiger partial charge in [-0.05, 0) is 37.5 Å². The van der Waals surface area contributed by atoms with Gasteiger partial charge in [0.15, 0.2) is 0 Å². The third-order valence-corrected chi connectivity index (χ3v) is 5.83. The number of hydrogen-bond donors (Lipinski definition) is 1. The molecular formula is C16H23N3O3S. The molecule has 7 heteroatoms. The van der Waals surface area contributed by atoms with Gasteiger partial charge in [0.05, 0.1) is 11.4 Å². The highest BCUT2D eigenvalue weighted by molar-refractivity contribution is 7.89. The number of pyridine rings is 1. The third kappa shape index (κ3) is 5.44. The van der Waals surface area contributed by atoms with E-state index >= 15 is 0 Å². The molecular weight excluding hydrogens is 314 g/mol. The van der Waals surface area contributed by atoms with Gasteiger partial charge < -0.3 is 5.32 Å². The van der Waals surface area contributed by atoms with Gasteiger partial charge in [0.25, 0.3) is 0 Å². The van der Waals surface area contributed by atoms with Crippen LogP contribution in [-0.4, -0.2) is 48.5 Å². The number of nitrogens with one attached hydrogen (secondary N) is 1. The van der Waals surface area contributed by atoms with E-state index in [4.69, 9.17) is 0 Å². The molecule has 1 aliphatic heterocycles. The van der Waals surface area contributed by atoms with Crippen molar-refractivity contribution in [3.8, 4) is 0 Å². The molecule has 0 spiro atoms. The van der Waals surface area contributed by atoms with Crippen molar-refractivity contribution in [3.63, 3.8) is 0 Å². The first kappa shape index (κ1) is 17.6. The lowest BCUT2D eigenvalue weighted by atomic mass is 10.1. The number of rotatable bonds is 6. The van der Waals surface area contributed by atoms with Crippen molar-refractivity contribution < 1.29 is 13.2 Å². The van der Waals surface area contributed by atoms with Crippen LogP contribution in [0.1, 0.15) is 31.9 Å². The number of hydrogen-bond acceptors (Lipinski definition) is 4. The minimum Gasteiger partial charge on any atom is -0.350 e. The SMILES string of the molecule is CCCS(=O)(=O)N1CCC(NC(=O)/C=C/c2ccccn2)CC1. The lowest BCUT2D eigenvalue weighted by molar-refractivity contribution is -0.117. The molecule has 1 aliphatic rings. The first-order valence-corrected chi connectivity index (χ1v) is 9.49. The smallest absolute Gasteiger partial charge is 0.244 e. The first-order chi connectivity index (χ1) is 11.0. The van der Waals surface area contributed by atoms with Crippen molar-refractivity contribution in [1.29, 1.82) is 0 Å². The molecule has 1 saturated heterocycles. The van der Waals surface area contributed by atoms with Gasteiger partial charge in [-0.25, -0.2) is 12.7 Å². The van der Waals surface area contributed by atoms with E-state index in [2.05, 4.69) is 10.3 Å². The van der Waals surface area contributed by atoms with Crippen LogP contribution in [0.5, 0.6) is 0 Å². The van der Waals surface area contributed by atoms with Crippen LogP contribution in [0.25, 0.3) is 6.08 Å². The van der Waals surface area contributed by atoms with E-state index in [9.17, 15) is 13.2 Å². The summed E-state index contributed by atoms with van der Waals surface area (Å²) in [6, 6.07) is 5.51. The van der Waals surface area contributed by atoms with Crippen molar-refractivity contribution in [2.75, 3.05) is 18.8 Å². The highest BCUT2D eigenvalue weighted by Gasteiger charge is 2.27. The second-order valence-electron chi connectivity index (χ2n) is 5.59. The van der Waals surface area contributed by atoms with E-state index in [1.54, 1.807) is 12.3 Å². The van der Waals surface area contributed by atoms with Gasteiger partial charge in [-0.3, -0.25) is 9.78 Å².